The highest BCUT2D eigenvalue weighted by Crippen LogP contribution is 2.35. The minimum absolute atomic E-state index is 0.0560. The Hall–Kier alpha value is -2.08. The first kappa shape index (κ1) is 26.0. The average molecular weight is 503 g/mol. The van der Waals surface area contributed by atoms with Gasteiger partial charge in [0.25, 0.3) is 0 Å². The molecule has 1 aliphatic heterocycles. The van der Waals surface area contributed by atoms with Gasteiger partial charge in [-0.1, -0.05) is 38.0 Å². The Morgan fingerprint density at radius 2 is 1.94 bits per heavy atom. The number of aliphatic hydroxyl groups is 1. The molecular weight excluding hydrogens is 464 g/mol. The lowest BCUT2D eigenvalue weighted by Crippen LogP contribution is -2.50. The number of amides is 1. The lowest BCUT2D eigenvalue weighted by molar-refractivity contribution is -0.136. The predicted octanol–water partition coefficient (Wildman–Crippen LogP) is 3.26. The van der Waals surface area contributed by atoms with Crippen molar-refractivity contribution in [1.82, 2.24) is 9.21 Å². The first-order valence-electron chi connectivity index (χ1n) is 12.9. The largest absolute Gasteiger partial charge is 0.487 e. The number of benzene rings is 1. The van der Waals surface area contributed by atoms with Gasteiger partial charge < -0.3 is 14.7 Å². The lowest BCUT2D eigenvalue weighted by Gasteiger charge is -2.38. The summed E-state index contributed by atoms with van der Waals surface area (Å²) < 4.78 is 34.9. The number of fused-ring (bicyclic) bond motifs is 1. The molecule has 35 heavy (non-hydrogen) atoms. The summed E-state index contributed by atoms with van der Waals surface area (Å²) in [7, 11) is -2.07. The molecule has 2 aliphatic carbocycles. The van der Waals surface area contributed by atoms with Gasteiger partial charge in [-0.05, 0) is 50.8 Å². The van der Waals surface area contributed by atoms with Gasteiger partial charge >= 0.3 is 0 Å². The third-order valence-corrected chi connectivity index (χ3v) is 9.47. The highest BCUT2D eigenvalue weighted by molar-refractivity contribution is 7.89. The van der Waals surface area contributed by atoms with Crippen LogP contribution in [0.25, 0.3) is 0 Å². The minimum Gasteiger partial charge on any atom is -0.487 e. The molecule has 4 rings (SSSR count). The Labute approximate surface area is 209 Å². The molecule has 3 atom stereocenters. The zero-order valence-corrected chi connectivity index (χ0v) is 21.9. The van der Waals surface area contributed by atoms with Crippen molar-refractivity contribution >= 4 is 15.9 Å². The number of carbonyl (C=O) groups excluding carboxylic acids is 1. The fraction of sp³-hybridized carbons (Fsp3) is 0.667. The number of rotatable bonds is 5. The van der Waals surface area contributed by atoms with Crippen molar-refractivity contribution in [2.24, 2.45) is 17.8 Å². The Balaban J connectivity index is 1.65. The van der Waals surface area contributed by atoms with Crippen LogP contribution in [0, 0.1) is 29.6 Å². The van der Waals surface area contributed by atoms with E-state index in [-0.39, 0.29) is 41.5 Å². The van der Waals surface area contributed by atoms with Crippen molar-refractivity contribution in [2.45, 2.75) is 75.8 Å². The van der Waals surface area contributed by atoms with Crippen LogP contribution >= 0.6 is 0 Å². The van der Waals surface area contributed by atoms with E-state index >= 15 is 0 Å². The van der Waals surface area contributed by atoms with Crippen LogP contribution in [0.2, 0.25) is 0 Å². The molecule has 1 amide bonds. The van der Waals surface area contributed by atoms with Gasteiger partial charge in [0.2, 0.25) is 15.9 Å². The lowest BCUT2D eigenvalue weighted by atomic mass is 9.88. The van der Waals surface area contributed by atoms with E-state index in [1.807, 2.05) is 14.0 Å². The highest BCUT2D eigenvalue weighted by Gasteiger charge is 2.38. The zero-order chi connectivity index (χ0) is 25.2. The summed E-state index contributed by atoms with van der Waals surface area (Å²) in [5.41, 5.74) is 0.714. The van der Waals surface area contributed by atoms with E-state index in [1.54, 1.807) is 30.0 Å². The third-order valence-electron chi connectivity index (χ3n) is 7.45. The number of nitrogens with zero attached hydrogens (tertiary/aromatic N) is 2. The maximum atomic E-state index is 13.6. The molecule has 0 unspecified atom stereocenters. The van der Waals surface area contributed by atoms with Crippen LogP contribution in [0.3, 0.4) is 0 Å². The fourth-order valence-electron chi connectivity index (χ4n) is 4.96. The monoisotopic (exact) mass is 502 g/mol. The molecule has 1 N–H and O–H groups in total. The molecule has 0 bridgehead atoms. The number of hydrogen-bond acceptors (Lipinski definition) is 5. The summed E-state index contributed by atoms with van der Waals surface area (Å²) in [4.78, 5) is 15.0. The van der Waals surface area contributed by atoms with E-state index in [0.29, 0.717) is 18.0 Å². The van der Waals surface area contributed by atoms with Gasteiger partial charge in [-0.3, -0.25) is 4.79 Å². The van der Waals surface area contributed by atoms with Crippen LogP contribution in [-0.4, -0.2) is 67.5 Å². The Bertz CT molecular complexity index is 1080. The maximum Gasteiger partial charge on any atom is 0.247 e. The van der Waals surface area contributed by atoms with Crippen molar-refractivity contribution in [3.8, 4) is 17.6 Å². The fourth-order valence-corrected chi connectivity index (χ4v) is 6.78. The van der Waals surface area contributed by atoms with Crippen molar-refractivity contribution in [2.75, 3.05) is 26.7 Å². The Kier molecular flexibility index (Phi) is 8.09. The zero-order valence-electron chi connectivity index (χ0n) is 21.1. The molecule has 0 radical (unpaired) electrons. The van der Waals surface area contributed by atoms with E-state index in [1.165, 1.54) is 10.7 Å². The number of ether oxygens (including phenoxy) is 1. The second-order valence-electron chi connectivity index (χ2n) is 10.5. The molecule has 1 aromatic carbocycles. The van der Waals surface area contributed by atoms with E-state index in [4.69, 9.17) is 4.74 Å². The summed E-state index contributed by atoms with van der Waals surface area (Å²) >= 11 is 0. The summed E-state index contributed by atoms with van der Waals surface area (Å²) in [5.74, 6) is 7.05. The Morgan fingerprint density at radius 3 is 2.60 bits per heavy atom. The normalized spacial score (nSPS) is 25.7. The van der Waals surface area contributed by atoms with E-state index in [2.05, 4.69) is 11.8 Å². The molecule has 0 aromatic heterocycles. The molecule has 8 heteroatoms. The molecule has 2 fully saturated rings. The smallest absolute Gasteiger partial charge is 0.247 e. The molecule has 3 aliphatic rings. The second-order valence-corrected chi connectivity index (χ2v) is 12.4. The molecule has 1 heterocycles. The van der Waals surface area contributed by atoms with E-state index < -0.39 is 22.2 Å². The van der Waals surface area contributed by atoms with Crippen molar-refractivity contribution in [1.29, 1.82) is 0 Å². The van der Waals surface area contributed by atoms with Gasteiger partial charge in [0.1, 0.15) is 16.7 Å². The standard InChI is InChI=1S/C27H38N2O5S/c1-19-16-29(20(2)18-30)35(32,33)26-14-13-22(12-11-21-9-10-21)15-24(26)34-25(19)17-28(3)27(31)23-7-5-4-6-8-23/h13-15,19-21,23,25,30H,4-10,16-18H2,1-3H3/t19-,20-,25+/m1/s1. The number of carbonyl (C=O) groups is 1. The Morgan fingerprint density at radius 1 is 1.23 bits per heavy atom. The van der Waals surface area contributed by atoms with Crippen LogP contribution in [0.4, 0.5) is 0 Å². The molecule has 0 spiro atoms. The van der Waals surface area contributed by atoms with Crippen molar-refractivity contribution < 1.29 is 23.1 Å². The van der Waals surface area contributed by atoms with Crippen LogP contribution in [-0.2, 0) is 14.8 Å². The number of hydrogen-bond donors (Lipinski definition) is 1. The predicted molar refractivity (Wildman–Crippen MR) is 134 cm³/mol. The number of aliphatic hydroxyl groups excluding tert-OH is 1. The molecule has 2 saturated carbocycles. The van der Waals surface area contributed by atoms with Crippen LogP contribution in [0.1, 0.15) is 64.4 Å². The second kappa shape index (κ2) is 10.9. The van der Waals surface area contributed by atoms with Gasteiger partial charge in [0.15, 0.2) is 0 Å². The molecule has 1 aromatic rings. The highest BCUT2D eigenvalue weighted by atomic mass is 32.2. The molecule has 192 valence electrons. The third kappa shape index (κ3) is 6.02. The molecule has 7 nitrogen and oxygen atoms in total. The molecular formula is C27H38N2O5S. The van der Waals surface area contributed by atoms with Gasteiger partial charge in [-0.15, -0.1) is 0 Å². The van der Waals surface area contributed by atoms with Gasteiger partial charge in [-0.25, -0.2) is 8.42 Å². The quantitative estimate of drug-likeness (QED) is 0.625. The topological polar surface area (TPSA) is 87.2 Å². The summed E-state index contributed by atoms with van der Waals surface area (Å²) in [6.07, 6.45) is 7.03. The number of likely N-dealkylation sites (N-methyl/N-ethyl adjacent to an activating group) is 1. The van der Waals surface area contributed by atoms with Gasteiger partial charge in [-0.2, -0.15) is 4.31 Å². The van der Waals surface area contributed by atoms with Gasteiger partial charge in [0.05, 0.1) is 13.2 Å². The number of sulfonamides is 1. The van der Waals surface area contributed by atoms with Crippen molar-refractivity contribution in [3.05, 3.63) is 23.8 Å². The van der Waals surface area contributed by atoms with Gasteiger partial charge in [0, 0.05) is 43.0 Å². The maximum absolute atomic E-state index is 13.6. The first-order chi connectivity index (χ1) is 16.7. The van der Waals surface area contributed by atoms with Crippen LogP contribution < -0.4 is 4.74 Å². The molecule has 0 saturated heterocycles. The average Bonchev–Trinajstić information content (AvgIpc) is 3.69. The minimum atomic E-state index is -3.89. The van der Waals surface area contributed by atoms with E-state index in [9.17, 15) is 18.3 Å². The first-order valence-corrected chi connectivity index (χ1v) is 14.3. The SMILES string of the molecule is C[C@@H]1CN([C@H](C)CO)S(=O)(=O)c2ccc(C#CC3CC3)cc2O[C@H]1CN(C)C(=O)C1CCCCC1. The summed E-state index contributed by atoms with van der Waals surface area (Å²) in [5, 5.41) is 9.81. The summed E-state index contributed by atoms with van der Waals surface area (Å²) in [6, 6.07) is 4.40. The summed E-state index contributed by atoms with van der Waals surface area (Å²) in [6.45, 7) is 3.93. The van der Waals surface area contributed by atoms with Crippen LogP contribution in [0.5, 0.6) is 5.75 Å². The van der Waals surface area contributed by atoms with Crippen molar-refractivity contribution in [3.63, 3.8) is 0 Å². The van der Waals surface area contributed by atoms with E-state index in [0.717, 1.165) is 38.5 Å². The van der Waals surface area contributed by atoms with Crippen LogP contribution in [0.15, 0.2) is 23.1 Å².